The number of carbonyl (C=O) groups excluding carboxylic acids is 3. The van der Waals surface area contributed by atoms with E-state index < -0.39 is 11.9 Å². The lowest BCUT2D eigenvalue weighted by Crippen LogP contribution is -2.52. The highest BCUT2D eigenvalue weighted by Gasteiger charge is 2.39. The number of fused-ring (bicyclic) bond motifs is 1. The standard InChI is InChI=1S/C19H24N4O4/c24-16-9-21-8-13(16)7-20-6-11-1-2-12-10-23(19(27)14(12)5-11)15-3-4-17(25)22-18(15)26/h1-2,5,13,15-16,20-21,24H,3-4,6-10H2,(H,22,25,26)/t13-,15?,16+/m0/s1. The summed E-state index contributed by atoms with van der Waals surface area (Å²) in [6, 6.07) is 5.21. The maximum atomic E-state index is 12.8. The minimum atomic E-state index is -0.583. The first-order valence-electron chi connectivity index (χ1n) is 9.39. The zero-order chi connectivity index (χ0) is 19.0. The van der Waals surface area contributed by atoms with Crippen LogP contribution in [0.3, 0.4) is 0 Å². The molecule has 144 valence electrons. The van der Waals surface area contributed by atoms with Crippen LogP contribution in [0.25, 0.3) is 0 Å². The monoisotopic (exact) mass is 372 g/mol. The number of nitrogens with one attached hydrogen (secondary N) is 3. The highest BCUT2D eigenvalue weighted by molar-refractivity contribution is 6.05. The lowest BCUT2D eigenvalue weighted by molar-refractivity contribution is -0.136. The minimum Gasteiger partial charge on any atom is -0.391 e. The number of hydrogen-bond donors (Lipinski definition) is 4. The van der Waals surface area contributed by atoms with Crippen molar-refractivity contribution < 1.29 is 19.5 Å². The van der Waals surface area contributed by atoms with E-state index in [0.717, 1.165) is 17.7 Å². The van der Waals surface area contributed by atoms with E-state index in [-0.39, 0.29) is 30.3 Å². The van der Waals surface area contributed by atoms with E-state index in [4.69, 9.17) is 0 Å². The van der Waals surface area contributed by atoms with Crippen LogP contribution in [-0.4, -0.2) is 59.5 Å². The molecule has 0 saturated carbocycles. The Labute approximate surface area is 157 Å². The Bertz CT molecular complexity index is 781. The number of benzene rings is 1. The molecule has 4 N–H and O–H groups in total. The summed E-state index contributed by atoms with van der Waals surface area (Å²) >= 11 is 0. The van der Waals surface area contributed by atoms with Gasteiger partial charge in [0.1, 0.15) is 6.04 Å². The van der Waals surface area contributed by atoms with E-state index in [1.54, 1.807) is 4.90 Å². The second-order valence-corrected chi connectivity index (χ2v) is 7.51. The molecule has 0 bridgehead atoms. The van der Waals surface area contributed by atoms with Crippen molar-refractivity contribution in [2.45, 2.75) is 38.1 Å². The number of amides is 3. The molecule has 1 aromatic rings. The Balaban J connectivity index is 1.39. The van der Waals surface area contributed by atoms with Gasteiger partial charge in [-0.2, -0.15) is 0 Å². The summed E-state index contributed by atoms with van der Waals surface area (Å²) in [7, 11) is 0. The molecule has 3 aliphatic rings. The molecule has 1 aromatic carbocycles. The average molecular weight is 372 g/mol. The molecule has 2 saturated heterocycles. The van der Waals surface area contributed by atoms with Crippen molar-refractivity contribution in [3.8, 4) is 0 Å². The first kappa shape index (κ1) is 18.1. The third-order valence-electron chi connectivity index (χ3n) is 5.63. The summed E-state index contributed by atoms with van der Waals surface area (Å²) in [5.74, 6) is -0.629. The summed E-state index contributed by atoms with van der Waals surface area (Å²) in [4.78, 5) is 37.8. The van der Waals surface area contributed by atoms with Crippen LogP contribution < -0.4 is 16.0 Å². The molecule has 1 unspecified atom stereocenters. The molecule has 27 heavy (non-hydrogen) atoms. The van der Waals surface area contributed by atoms with Crippen molar-refractivity contribution in [3.63, 3.8) is 0 Å². The van der Waals surface area contributed by atoms with Gasteiger partial charge in [0.05, 0.1) is 6.10 Å². The molecule has 0 spiro atoms. The third-order valence-corrected chi connectivity index (χ3v) is 5.63. The van der Waals surface area contributed by atoms with Gasteiger partial charge in [0.15, 0.2) is 0 Å². The molecule has 8 nitrogen and oxygen atoms in total. The highest BCUT2D eigenvalue weighted by atomic mass is 16.3. The number of β-amino-alcohol motifs (C(OH)–C–C–N with tert-alkyl or cyclic N) is 1. The molecule has 0 aliphatic carbocycles. The van der Waals surface area contributed by atoms with Crippen LogP contribution in [0, 0.1) is 5.92 Å². The topological polar surface area (TPSA) is 111 Å². The Kier molecular flexibility index (Phi) is 4.94. The first-order valence-corrected chi connectivity index (χ1v) is 9.39. The van der Waals surface area contributed by atoms with Crippen LogP contribution in [0.4, 0.5) is 0 Å². The molecule has 3 aliphatic heterocycles. The van der Waals surface area contributed by atoms with Gasteiger partial charge in [0, 0.05) is 50.6 Å². The molecule has 3 amide bonds. The van der Waals surface area contributed by atoms with Crippen molar-refractivity contribution in [3.05, 3.63) is 34.9 Å². The van der Waals surface area contributed by atoms with Crippen molar-refractivity contribution in [1.82, 2.24) is 20.9 Å². The van der Waals surface area contributed by atoms with Crippen LogP contribution in [-0.2, 0) is 22.7 Å². The summed E-state index contributed by atoms with van der Waals surface area (Å²) in [5.41, 5.74) is 2.53. The molecule has 3 heterocycles. The zero-order valence-corrected chi connectivity index (χ0v) is 15.0. The molecule has 8 heteroatoms. The van der Waals surface area contributed by atoms with Gasteiger partial charge in [-0.1, -0.05) is 12.1 Å². The number of aliphatic hydroxyl groups excluding tert-OH is 1. The van der Waals surface area contributed by atoms with Gasteiger partial charge in [-0.3, -0.25) is 19.7 Å². The minimum absolute atomic E-state index is 0.156. The SMILES string of the molecule is O=C1CCC(N2Cc3ccc(CNC[C@H]4CNC[C@H]4O)cc3C2=O)C(=O)N1. The Morgan fingerprint density at radius 3 is 2.81 bits per heavy atom. The number of imide groups is 1. The predicted octanol–water partition coefficient (Wildman–Crippen LogP) is -0.882. The molecule has 0 aromatic heterocycles. The van der Waals surface area contributed by atoms with Crippen LogP contribution >= 0.6 is 0 Å². The van der Waals surface area contributed by atoms with Crippen LogP contribution in [0.1, 0.15) is 34.3 Å². The fraction of sp³-hybridized carbons (Fsp3) is 0.526. The summed E-state index contributed by atoms with van der Waals surface area (Å²) < 4.78 is 0. The lowest BCUT2D eigenvalue weighted by atomic mass is 10.0. The van der Waals surface area contributed by atoms with Crippen LogP contribution in [0.5, 0.6) is 0 Å². The third kappa shape index (κ3) is 3.60. The zero-order valence-electron chi connectivity index (χ0n) is 15.0. The van der Waals surface area contributed by atoms with Crippen molar-refractivity contribution in [2.24, 2.45) is 5.92 Å². The number of piperidine rings is 1. The Morgan fingerprint density at radius 2 is 2.07 bits per heavy atom. The molecule has 3 atom stereocenters. The fourth-order valence-corrected chi connectivity index (χ4v) is 4.04. The quantitative estimate of drug-likeness (QED) is 0.500. The number of nitrogens with zero attached hydrogens (tertiary/aromatic N) is 1. The summed E-state index contributed by atoms with van der Waals surface area (Å²) in [6.07, 6.45) is 0.311. The van der Waals surface area contributed by atoms with E-state index in [9.17, 15) is 19.5 Å². The maximum absolute atomic E-state index is 12.8. The van der Waals surface area contributed by atoms with Gasteiger partial charge < -0.3 is 20.6 Å². The van der Waals surface area contributed by atoms with Gasteiger partial charge in [-0.15, -0.1) is 0 Å². The van der Waals surface area contributed by atoms with E-state index >= 15 is 0 Å². The van der Waals surface area contributed by atoms with Crippen molar-refractivity contribution >= 4 is 17.7 Å². The number of hydrogen-bond acceptors (Lipinski definition) is 6. The Morgan fingerprint density at radius 1 is 1.22 bits per heavy atom. The van der Waals surface area contributed by atoms with E-state index in [0.29, 0.717) is 38.2 Å². The van der Waals surface area contributed by atoms with Gasteiger partial charge in [-0.05, 0) is 23.6 Å². The normalized spacial score (nSPS) is 27.8. The smallest absolute Gasteiger partial charge is 0.255 e. The van der Waals surface area contributed by atoms with E-state index in [1.807, 2.05) is 18.2 Å². The van der Waals surface area contributed by atoms with Gasteiger partial charge in [0.2, 0.25) is 11.8 Å². The highest BCUT2D eigenvalue weighted by Crippen LogP contribution is 2.28. The molecule has 4 rings (SSSR count). The van der Waals surface area contributed by atoms with E-state index in [2.05, 4.69) is 16.0 Å². The van der Waals surface area contributed by atoms with Gasteiger partial charge >= 0.3 is 0 Å². The fourth-order valence-electron chi connectivity index (χ4n) is 4.04. The second-order valence-electron chi connectivity index (χ2n) is 7.51. The molecule has 2 fully saturated rings. The summed E-state index contributed by atoms with van der Waals surface area (Å²) in [6.45, 7) is 3.16. The second kappa shape index (κ2) is 7.38. The van der Waals surface area contributed by atoms with Crippen molar-refractivity contribution in [2.75, 3.05) is 19.6 Å². The lowest BCUT2D eigenvalue weighted by Gasteiger charge is -2.29. The number of carbonyl (C=O) groups is 3. The number of rotatable bonds is 5. The first-order chi connectivity index (χ1) is 13.0. The molecular weight excluding hydrogens is 348 g/mol. The van der Waals surface area contributed by atoms with Crippen LogP contribution in [0.2, 0.25) is 0 Å². The molecular formula is C19H24N4O4. The predicted molar refractivity (Wildman–Crippen MR) is 96.6 cm³/mol. The molecule has 0 radical (unpaired) electrons. The maximum Gasteiger partial charge on any atom is 0.255 e. The van der Waals surface area contributed by atoms with E-state index in [1.165, 1.54) is 0 Å². The average Bonchev–Trinajstić information content (AvgIpc) is 3.19. The van der Waals surface area contributed by atoms with Crippen LogP contribution in [0.15, 0.2) is 18.2 Å². The Hall–Kier alpha value is -2.29. The van der Waals surface area contributed by atoms with Crippen molar-refractivity contribution in [1.29, 1.82) is 0 Å². The van der Waals surface area contributed by atoms with Gasteiger partial charge in [-0.25, -0.2) is 0 Å². The van der Waals surface area contributed by atoms with Gasteiger partial charge in [0.25, 0.3) is 5.91 Å². The summed E-state index contributed by atoms with van der Waals surface area (Å²) in [5, 5.41) is 18.6. The largest absolute Gasteiger partial charge is 0.391 e. The number of aliphatic hydroxyl groups is 1.